The fourth-order valence-corrected chi connectivity index (χ4v) is 2.73. The molecular formula is C16H24N2. The molecule has 0 aliphatic carbocycles. The smallest absolute Gasteiger partial charge is 0.0488 e. The molecule has 0 spiro atoms. The highest BCUT2D eigenvalue weighted by Crippen LogP contribution is 2.27. The number of nitrogens with one attached hydrogen (secondary N) is 2. The van der Waals surface area contributed by atoms with Crippen molar-refractivity contribution < 1.29 is 0 Å². The lowest BCUT2D eigenvalue weighted by Crippen LogP contribution is -2.14. The van der Waals surface area contributed by atoms with Crippen molar-refractivity contribution in [2.24, 2.45) is 0 Å². The number of fused-ring (bicyclic) bond motifs is 1. The maximum absolute atomic E-state index is 3.54. The van der Waals surface area contributed by atoms with Crippen LogP contribution in [0.1, 0.15) is 35.7 Å². The quantitative estimate of drug-likeness (QED) is 0.772. The van der Waals surface area contributed by atoms with E-state index in [1.54, 1.807) is 0 Å². The standard InChI is InChI=1S/C16H24N2/c1-5-17-8-6-7-14-13(4)18-16-12(3)9-11(2)10-15(14)16/h9-10,17-18H,5-8H2,1-4H3. The first-order valence-electron chi connectivity index (χ1n) is 6.92. The van der Waals surface area contributed by atoms with Crippen molar-refractivity contribution in [3.05, 3.63) is 34.5 Å². The third-order valence-corrected chi connectivity index (χ3v) is 3.60. The van der Waals surface area contributed by atoms with Crippen LogP contribution in [-0.2, 0) is 6.42 Å². The summed E-state index contributed by atoms with van der Waals surface area (Å²) in [7, 11) is 0. The summed E-state index contributed by atoms with van der Waals surface area (Å²) in [4.78, 5) is 3.54. The Labute approximate surface area is 110 Å². The molecule has 18 heavy (non-hydrogen) atoms. The van der Waals surface area contributed by atoms with Crippen LogP contribution in [0.2, 0.25) is 0 Å². The minimum Gasteiger partial charge on any atom is -0.358 e. The highest BCUT2D eigenvalue weighted by Gasteiger charge is 2.10. The van der Waals surface area contributed by atoms with E-state index in [2.05, 4.69) is 50.1 Å². The number of aromatic nitrogens is 1. The van der Waals surface area contributed by atoms with Crippen LogP contribution < -0.4 is 5.32 Å². The van der Waals surface area contributed by atoms with Gasteiger partial charge in [0.25, 0.3) is 0 Å². The van der Waals surface area contributed by atoms with E-state index in [0.29, 0.717) is 0 Å². The van der Waals surface area contributed by atoms with E-state index in [-0.39, 0.29) is 0 Å². The van der Waals surface area contributed by atoms with Gasteiger partial charge in [-0.3, -0.25) is 0 Å². The van der Waals surface area contributed by atoms with Gasteiger partial charge in [-0.05, 0) is 63.9 Å². The van der Waals surface area contributed by atoms with Crippen molar-refractivity contribution in [3.63, 3.8) is 0 Å². The second kappa shape index (κ2) is 5.57. The highest BCUT2D eigenvalue weighted by molar-refractivity contribution is 5.87. The molecule has 2 nitrogen and oxygen atoms in total. The van der Waals surface area contributed by atoms with Gasteiger partial charge in [-0.2, -0.15) is 0 Å². The molecule has 0 aliphatic heterocycles. The van der Waals surface area contributed by atoms with Gasteiger partial charge in [0.2, 0.25) is 0 Å². The highest BCUT2D eigenvalue weighted by atomic mass is 14.8. The van der Waals surface area contributed by atoms with E-state index in [4.69, 9.17) is 0 Å². The molecule has 0 saturated carbocycles. The Hall–Kier alpha value is -1.28. The maximum Gasteiger partial charge on any atom is 0.0488 e. The molecule has 0 bridgehead atoms. The zero-order valence-electron chi connectivity index (χ0n) is 12.0. The Kier molecular flexibility index (Phi) is 4.07. The maximum atomic E-state index is 3.54. The lowest BCUT2D eigenvalue weighted by molar-refractivity contribution is 0.673. The average molecular weight is 244 g/mol. The number of H-pyrrole nitrogens is 1. The molecule has 1 aromatic carbocycles. The van der Waals surface area contributed by atoms with Crippen LogP contribution in [0.4, 0.5) is 0 Å². The summed E-state index contributed by atoms with van der Waals surface area (Å²) in [6.07, 6.45) is 2.36. The van der Waals surface area contributed by atoms with Crippen LogP contribution in [0.15, 0.2) is 12.1 Å². The van der Waals surface area contributed by atoms with Crippen LogP contribution >= 0.6 is 0 Å². The minimum atomic E-state index is 1.06. The number of benzene rings is 1. The Morgan fingerprint density at radius 2 is 1.94 bits per heavy atom. The summed E-state index contributed by atoms with van der Waals surface area (Å²) in [5.41, 5.74) is 6.85. The Morgan fingerprint density at radius 1 is 1.17 bits per heavy atom. The van der Waals surface area contributed by atoms with Gasteiger partial charge >= 0.3 is 0 Å². The predicted molar refractivity (Wildman–Crippen MR) is 79.4 cm³/mol. The van der Waals surface area contributed by atoms with Crippen LogP contribution in [0.3, 0.4) is 0 Å². The first-order valence-corrected chi connectivity index (χ1v) is 6.92. The van der Waals surface area contributed by atoms with Crippen LogP contribution in [0.25, 0.3) is 10.9 Å². The molecule has 0 fully saturated rings. The summed E-state index contributed by atoms with van der Waals surface area (Å²) < 4.78 is 0. The van der Waals surface area contributed by atoms with Crippen LogP contribution in [-0.4, -0.2) is 18.1 Å². The van der Waals surface area contributed by atoms with Gasteiger partial charge in [-0.1, -0.05) is 18.6 Å². The Morgan fingerprint density at radius 3 is 2.67 bits per heavy atom. The number of rotatable bonds is 5. The van der Waals surface area contributed by atoms with Gasteiger partial charge in [0.05, 0.1) is 0 Å². The SMILES string of the molecule is CCNCCCc1c(C)[nH]c2c(C)cc(C)cc12. The van der Waals surface area contributed by atoms with Crippen molar-refractivity contribution in [2.75, 3.05) is 13.1 Å². The number of hydrogen-bond donors (Lipinski definition) is 2. The molecule has 0 amide bonds. The molecule has 0 radical (unpaired) electrons. The summed E-state index contributed by atoms with van der Waals surface area (Å²) in [6, 6.07) is 4.56. The summed E-state index contributed by atoms with van der Waals surface area (Å²) in [6.45, 7) is 10.9. The fraction of sp³-hybridized carbons (Fsp3) is 0.500. The average Bonchev–Trinajstić information content (AvgIpc) is 2.62. The van der Waals surface area contributed by atoms with E-state index in [1.165, 1.54) is 39.7 Å². The van der Waals surface area contributed by atoms with Crippen molar-refractivity contribution >= 4 is 10.9 Å². The molecule has 0 aliphatic rings. The first-order chi connectivity index (χ1) is 8.63. The van der Waals surface area contributed by atoms with E-state index in [9.17, 15) is 0 Å². The molecule has 2 rings (SSSR count). The summed E-state index contributed by atoms with van der Waals surface area (Å²) in [5, 5.41) is 4.81. The third-order valence-electron chi connectivity index (χ3n) is 3.60. The monoisotopic (exact) mass is 244 g/mol. The lowest BCUT2D eigenvalue weighted by atomic mass is 10.0. The molecule has 0 atom stereocenters. The Balaban J connectivity index is 2.29. The largest absolute Gasteiger partial charge is 0.358 e. The number of aryl methyl sites for hydroxylation is 4. The van der Waals surface area contributed by atoms with Crippen molar-refractivity contribution in [1.82, 2.24) is 10.3 Å². The molecule has 0 unspecified atom stereocenters. The van der Waals surface area contributed by atoms with E-state index >= 15 is 0 Å². The molecule has 2 aromatic rings. The van der Waals surface area contributed by atoms with Gasteiger partial charge in [0.15, 0.2) is 0 Å². The lowest BCUT2D eigenvalue weighted by Gasteiger charge is -2.04. The van der Waals surface area contributed by atoms with E-state index in [1.807, 2.05) is 0 Å². The van der Waals surface area contributed by atoms with Crippen molar-refractivity contribution in [2.45, 2.75) is 40.5 Å². The summed E-state index contributed by atoms with van der Waals surface area (Å²) in [5.74, 6) is 0. The van der Waals surface area contributed by atoms with Crippen molar-refractivity contribution in [1.29, 1.82) is 0 Å². The zero-order chi connectivity index (χ0) is 13.1. The molecule has 2 N–H and O–H groups in total. The van der Waals surface area contributed by atoms with Gasteiger partial charge < -0.3 is 10.3 Å². The minimum absolute atomic E-state index is 1.06. The van der Waals surface area contributed by atoms with Gasteiger partial charge in [-0.25, -0.2) is 0 Å². The van der Waals surface area contributed by atoms with Crippen LogP contribution in [0, 0.1) is 20.8 Å². The molecule has 1 heterocycles. The second-order valence-corrected chi connectivity index (χ2v) is 5.19. The van der Waals surface area contributed by atoms with Gasteiger partial charge in [0.1, 0.15) is 0 Å². The molecule has 98 valence electrons. The van der Waals surface area contributed by atoms with Gasteiger partial charge in [-0.15, -0.1) is 0 Å². The number of hydrogen-bond acceptors (Lipinski definition) is 1. The second-order valence-electron chi connectivity index (χ2n) is 5.19. The normalized spacial score (nSPS) is 11.3. The first kappa shape index (κ1) is 13.2. The number of aromatic amines is 1. The third kappa shape index (κ3) is 2.59. The molecule has 0 saturated heterocycles. The predicted octanol–water partition coefficient (Wildman–Crippen LogP) is 3.64. The van der Waals surface area contributed by atoms with Crippen LogP contribution in [0.5, 0.6) is 0 Å². The van der Waals surface area contributed by atoms with Gasteiger partial charge in [0, 0.05) is 16.6 Å². The zero-order valence-corrected chi connectivity index (χ0v) is 12.0. The van der Waals surface area contributed by atoms with E-state index in [0.717, 1.165) is 19.5 Å². The Bertz CT molecular complexity index is 538. The molecule has 2 heteroatoms. The topological polar surface area (TPSA) is 27.8 Å². The summed E-state index contributed by atoms with van der Waals surface area (Å²) >= 11 is 0. The molecule has 1 aromatic heterocycles. The van der Waals surface area contributed by atoms with Crippen molar-refractivity contribution in [3.8, 4) is 0 Å². The molecular weight excluding hydrogens is 220 g/mol. The fourth-order valence-electron chi connectivity index (χ4n) is 2.73. The van der Waals surface area contributed by atoms with E-state index < -0.39 is 0 Å².